The quantitative estimate of drug-likeness (QED) is 0.169. The number of thiophene rings is 1. The van der Waals surface area contributed by atoms with E-state index in [0.717, 1.165) is 6.42 Å². The molecular formula is C53H56S. The fraction of sp³-hybridized carbons (Fsp3) is 0.170. The molecule has 0 saturated carbocycles. The Morgan fingerprint density at radius 3 is 1.83 bits per heavy atom. The van der Waals surface area contributed by atoms with Gasteiger partial charge in [0.25, 0.3) is 0 Å². The zero-order chi connectivity index (χ0) is 38.5. The van der Waals surface area contributed by atoms with Crippen molar-refractivity contribution >= 4 is 33.1 Å². The summed E-state index contributed by atoms with van der Waals surface area (Å²) >= 11 is 1.87. The molecule has 54 heavy (non-hydrogen) atoms. The van der Waals surface area contributed by atoms with Gasteiger partial charge in [0.05, 0.1) is 0 Å². The monoisotopic (exact) mass is 724 g/mol. The van der Waals surface area contributed by atoms with Crippen molar-refractivity contribution in [3.63, 3.8) is 0 Å². The molecule has 0 aliphatic heterocycles. The molecule has 1 aliphatic carbocycles. The van der Waals surface area contributed by atoms with E-state index in [1.807, 2.05) is 47.7 Å². The zero-order valence-corrected chi connectivity index (χ0v) is 34.0. The minimum Gasteiger partial charge on any atom is -0.136 e. The first kappa shape index (κ1) is 41.3. The Kier molecular flexibility index (Phi) is 17.2. The minimum absolute atomic E-state index is 0.288. The van der Waals surface area contributed by atoms with Crippen molar-refractivity contribution in [1.29, 1.82) is 0 Å². The largest absolute Gasteiger partial charge is 0.136 e. The molecule has 1 heteroatoms. The van der Waals surface area contributed by atoms with Gasteiger partial charge in [-0.25, -0.2) is 0 Å². The maximum absolute atomic E-state index is 2.31. The van der Waals surface area contributed by atoms with Gasteiger partial charge in [-0.2, -0.15) is 0 Å². The van der Waals surface area contributed by atoms with E-state index in [1.165, 1.54) is 65.1 Å². The zero-order valence-electron chi connectivity index (χ0n) is 33.2. The third kappa shape index (κ3) is 13.8. The summed E-state index contributed by atoms with van der Waals surface area (Å²) in [6.45, 7) is 15.2. The van der Waals surface area contributed by atoms with Crippen LogP contribution in [0.15, 0.2) is 210 Å². The Morgan fingerprint density at radius 1 is 0.667 bits per heavy atom. The average molecular weight is 725 g/mol. The van der Waals surface area contributed by atoms with E-state index in [-0.39, 0.29) is 5.92 Å². The lowest BCUT2D eigenvalue weighted by atomic mass is 9.91. The molecule has 5 aromatic rings. The highest BCUT2D eigenvalue weighted by atomic mass is 32.1. The summed E-state index contributed by atoms with van der Waals surface area (Å²) in [6, 6.07) is 39.9. The van der Waals surface area contributed by atoms with Crippen LogP contribution in [0.3, 0.4) is 0 Å². The summed E-state index contributed by atoms with van der Waals surface area (Å²) in [7, 11) is 0. The first-order chi connectivity index (χ1) is 26.2. The van der Waals surface area contributed by atoms with Crippen LogP contribution < -0.4 is 0 Å². The van der Waals surface area contributed by atoms with E-state index < -0.39 is 0 Å². The molecule has 274 valence electrons. The van der Waals surface area contributed by atoms with Gasteiger partial charge in [-0.1, -0.05) is 206 Å². The van der Waals surface area contributed by atoms with E-state index in [0.29, 0.717) is 0 Å². The molecule has 1 aromatic heterocycles. The van der Waals surface area contributed by atoms with Crippen LogP contribution in [-0.4, -0.2) is 0 Å². The fourth-order valence-corrected chi connectivity index (χ4v) is 7.00. The summed E-state index contributed by atoms with van der Waals surface area (Å²) in [5.74, 6) is 0.288. The molecular weight excluding hydrogens is 669 g/mol. The number of hydrogen-bond acceptors (Lipinski definition) is 1. The normalized spacial score (nSPS) is 20.4. The lowest BCUT2D eigenvalue weighted by Crippen LogP contribution is -1.96. The highest BCUT2D eigenvalue weighted by Crippen LogP contribution is 2.32. The van der Waals surface area contributed by atoms with Crippen molar-refractivity contribution < 1.29 is 0 Å². The molecule has 0 amide bonds. The third-order valence-electron chi connectivity index (χ3n) is 9.11. The topological polar surface area (TPSA) is 0 Å². The van der Waals surface area contributed by atoms with Gasteiger partial charge in [0.15, 0.2) is 0 Å². The van der Waals surface area contributed by atoms with Crippen molar-refractivity contribution in [2.45, 2.75) is 54.9 Å². The van der Waals surface area contributed by atoms with Crippen LogP contribution in [0.2, 0.25) is 0 Å². The van der Waals surface area contributed by atoms with Gasteiger partial charge in [0.2, 0.25) is 0 Å². The van der Waals surface area contributed by atoms with E-state index in [4.69, 9.17) is 0 Å². The predicted octanol–water partition coefficient (Wildman–Crippen LogP) is 15.8. The van der Waals surface area contributed by atoms with Crippen molar-refractivity contribution in [2.75, 3.05) is 0 Å². The molecule has 6 rings (SSSR count). The molecule has 1 heterocycles. The van der Waals surface area contributed by atoms with Gasteiger partial charge in [0.1, 0.15) is 0 Å². The van der Waals surface area contributed by atoms with Gasteiger partial charge in [-0.15, -0.1) is 11.3 Å². The molecule has 1 atom stereocenters. The van der Waals surface area contributed by atoms with Crippen molar-refractivity contribution in [3.05, 3.63) is 238 Å². The molecule has 0 N–H and O–H groups in total. The Morgan fingerprint density at radius 2 is 1.24 bits per heavy atom. The molecule has 1 aliphatic rings. The average Bonchev–Trinajstić information content (AvgIpc) is 3.51. The van der Waals surface area contributed by atoms with Crippen LogP contribution in [0.1, 0.15) is 61.2 Å². The molecule has 4 aromatic carbocycles. The van der Waals surface area contributed by atoms with E-state index >= 15 is 0 Å². The van der Waals surface area contributed by atoms with Crippen LogP contribution in [0.25, 0.3) is 21.7 Å². The van der Waals surface area contributed by atoms with Crippen LogP contribution in [0.4, 0.5) is 0 Å². The Balaban J connectivity index is 0.000000384. The van der Waals surface area contributed by atoms with Gasteiger partial charge in [-0.3, -0.25) is 0 Å². The van der Waals surface area contributed by atoms with Gasteiger partial charge in [0, 0.05) is 9.58 Å². The maximum atomic E-state index is 2.31. The molecule has 0 saturated heterocycles. The molecule has 0 fully saturated rings. The van der Waals surface area contributed by atoms with Crippen molar-refractivity contribution in [1.82, 2.24) is 0 Å². The second kappa shape index (κ2) is 22.5. The lowest BCUT2D eigenvalue weighted by Gasteiger charge is -2.14. The fourth-order valence-electron chi connectivity index (χ4n) is 5.86. The standard InChI is InChI=1S/C39H40S.2C7H8/c1-6-33-20-12-13-23-35(27-29(2)17-16-26-38-32(5)36-24-14-15-25-39(36)40-38)30(3)18-10-11-19-31(4)37(28-33)34-21-8-7-9-22-34;2*1-7-5-3-2-4-6-7/h6-16,18-28,31H,17H2,1-5H3;2*2-6H,1H3/b18-10+,19-11+,20-12-,23-13-,26-16-,29-27+,33-6-,35-30+,37-28+;;. The number of aryl methyl sites for hydroxylation is 3. The van der Waals surface area contributed by atoms with Gasteiger partial charge in [-0.05, 0) is 105 Å². The van der Waals surface area contributed by atoms with Gasteiger partial charge < -0.3 is 0 Å². The maximum Gasteiger partial charge on any atom is 0.0351 e. The second-order valence-electron chi connectivity index (χ2n) is 13.6. The number of rotatable bonds is 5. The first-order valence-corrected chi connectivity index (χ1v) is 19.8. The predicted molar refractivity (Wildman–Crippen MR) is 243 cm³/mol. The number of fused-ring (bicyclic) bond motifs is 1. The summed E-state index contributed by atoms with van der Waals surface area (Å²) in [4.78, 5) is 1.35. The van der Waals surface area contributed by atoms with E-state index in [1.54, 1.807) is 0 Å². The molecule has 0 bridgehead atoms. The van der Waals surface area contributed by atoms with Crippen molar-refractivity contribution in [2.24, 2.45) is 5.92 Å². The summed E-state index contributed by atoms with van der Waals surface area (Å²) in [5, 5.41) is 1.36. The molecule has 0 spiro atoms. The molecule has 0 nitrogen and oxygen atoms in total. The van der Waals surface area contributed by atoms with E-state index in [2.05, 4.69) is 206 Å². The Hall–Kier alpha value is -5.50. The minimum atomic E-state index is 0.288. The number of hydrogen-bond donors (Lipinski definition) is 0. The smallest absolute Gasteiger partial charge is 0.0351 e. The van der Waals surface area contributed by atoms with Crippen LogP contribution in [0.5, 0.6) is 0 Å². The summed E-state index contributed by atoms with van der Waals surface area (Å²) in [6.07, 6.45) is 29.8. The summed E-state index contributed by atoms with van der Waals surface area (Å²) < 4.78 is 1.36. The molecule has 1 unspecified atom stereocenters. The van der Waals surface area contributed by atoms with Crippen LogP contribution in [-0.2, 0) is 0 Å². The van der Waals surface area contributed by atoms with E-state index in [9.17, 15) is 0 Å². The Bertz CT molecular complexity index is 2140. The van der Waals surface area contributed by atoms with Crippen LogP contribution >= 0.6 is 11.3 Å². The molecule has 0 radical (unpaired) electrons. The highest BCUT2D eigenvalue weighted by molar-refractivity contribution is 7.20. The first-order valence-electron chi connectivity index (χ1n) is 18.9. The number of benzene rings is 4. The van der Waals surface area contributed by atoms with Crippen LogP contribution in [0, 0.1) is 26.7 Å². The SMILES string of the molecule is C/C=C1/C=C\C=C/C(/C=C(\C)C/C=C\c2sc3ccccc3c2C)=C(C)\C=C\C=C\C(C)\C(c2ccccc2)=C/1.Cc1ccccc1.Cc1ccccc1. The van der Waals surface area contributed by atoms with Crippen molar-refractivity contribution in [3.8, 4) is 0 Å². The second-order valence-corrected chi connectivity index (χ2v) is 14.7. The number of allylic oxidation sites excluding steroid dienone is 17. The summed E-state index contributed by atoms with van der Waals surface area (Å²) in [5.41, 5.74) is 11.6. The third-order valence-corrected chi connectivity index (χ3v) is 10.4. The van der Waals surface area contributed by atoms with Gasteiger partial charge >= 0.3 is 0 Å². The Labute approximate surface area is 330 Å². The highest BCUT2D eigenvalue weighted by Gasteiger charge is 2.09. The lowest BCUT2D eigenvalue weighted by molar-refractivity contribution is 0.963.